The van der Waals surface area contributed by atoms with Crippen molar-refractivity contribution >= 4 is 53.5 Å². The van der Waals surface area contributed by atoms with E-state index in [1.165, 1.54) is 6.07 Å². The number of hydrogen-bond donors (Lipinski definition) is 1. The lowest BCUT2D eigenvalue weighted by Crippen LogP contribution is -2.01. The van der Waals surface area contributed by atoms with Gasteiger partial charge in [-0.15, -0.1) is 0 Å². The monoisotopic (exact) mass is 465 g/mol. The third kappa shape index (κ3) is 3.74. The topological polar surface area (TPSA) is 21.3 Å². The molecule has 0 atom stereocenters. The molecule has 0 aromatic heterocycles. The summed E-state index contributed by atoms with van der Waals surface area (Å²) in [6.45, 7) is 0.521. The van der Waals surface area contributed by atoms with E-state index < -0.39 is 0 Å². The van der Waals surface area contributed by atoms with Gasteiger partial charge in [0.2, 0.25) is 0 Å². The lowest BCUT2D eigenvalue weighted by molar-refractivity contribution is 0.412. The molecule has 0 spiro atoms. The van der Waals surface area contributed by atoms with Crippen LogP contribution >= 0.6 is 47.8 Å². The van der Waals surface area contributed by atoms with Crippen molar-refractivity contribution in [1.82, 2.24) is 0 Å². The van der Waals surface area contributed by atoms with Gasteiger partial charge in [-0.3, -0.25) is 0 Å². The van der Waals surface area contributed by atoms with Gasteiger partial charge in [0.1, 0.15) is 11.6 Å². The molecule has 0 heterocycles. The van der Waals surface area contributed by atoms with Crippen molar-refractivity contribution in [3.8, 4) is 5.75 Å². The molecule has 2 aromatic carbocycles. The van der Waals surface area contributed by atoms with Gasteiger partial charge in [0, 0.05) is 17.1 Å². The summed E-state index contributed by atoms with van der Waals surface area (Å²) in [6, 6.07) is 8.85. The van der Waals surface area contributed by atoms with Gasteiger partial charge >= 0.3 is 0 Å². The zero-order chi connectivity index (χ0) is 14.7. The first-order valence-corrected chi connectivity index (χ1v) is 8.10. The molecule has 0 unspecified atom stereocenters. The van der Waals surface area contributed by atoms with E-state index >= 15 is 0 Å². The molecule has 20 heavy (non-hydrogen) atoms. The molecule has 2 aromatic rings. The maximum atomic E-state index is 13.4. The molecule has 0 saturated carbocycles. The Kier molecular flexibility index (Phi) is 5.46. The first kappa shape index (κ1) is 15.8. The highest BCUT2D eigenvalue weighted by molar-refractivity contribution is 9.11. The molecule has 1 N–H and O–H groups in total. The summed E-state index contributed by atoms with van der Waals surface area (Å²) in [7, 11) is 1.61. The van der Waals surface area contributed by atoms with Gasteiger partial charge in [0.05, 0.1) is 21.7 Å². The first-order valence-electron chi connectivity index (χ1n) is 5.72. The molecule has 0 aliphatic carbocycles. The second-order valence-electron chi connectivity index (χ2n) is 4.07. The number of anilines is 1. The van der Waals surface area contributed by atoms with Gasteiger partial charge in [0.15, 0.2) is 0 Å². The van der Waals surface area contributed by atoms with Crippen LogP contribution in [0, 0.1) is 5.82 Å². The maximum Gasteiger partial charge on any atom is 0.137 e. The third-order valence-corrected chi connectivity index (χ3v) is 4.63. The quantitative estimate of drug-likeness (QED) is 0.619. The summed E-state index contributed by atoms with van der Waals surface area (Å²) in [6.07, 6.45) is 0. The molecule has 0 saturated heterocycles. The van der Waals surface area contributed by atoms with E-state index in [-0.39, 0.29) is 5.82 Å². The van der Waals surface area contributed by atoms with Gasteiger partial charge in [-0.25, -0.2) is 4.39 Å². The lowest BCUT2D eigenvalue weighted by atomic mass is 10.2. The average molecular weight is 468 g/mol. The summed E-state index contributed by atoms with van der Waals surface area (Å²) in [5.41, 5.74) is 1.74. The summed E-state index contributed by atoms with van der Waals surface area (Å²) >= 11 is 10.0. The van der Waals surface area contributed by atoms with E-state index in [1.807, 2.05) is 18.2 Å². The predicted octanol–water partition coefficient (Wildman–Crippen LogP) is 5.73. The molecule has 6 heteroatoms. The first-order chi connectivity index (χ1) is 9.51. The Hall–Kier alpha value is -0.590. The van der Waals surface area contributed by atoms with Crippen LogP contribution in [0.25, 0.3) is 0 Å². The van der Waals surface area contributed by atoms with Crippen molar-refractivity contribution in [2.45, 2.75) is 6.54 Å². The fourth-order valence-corrected chi connectivity index (χ4v) is 3.21. The Morgan fingerprint density at radius 3 is 2.45 bits per heavy atom. The molecule has 0 amide bonds. The molecule has 0 aliphatic rings. The van der Waals surface area contributed by atoms with Crippen LogP contribution in [0.3, 0.4) is 0 Å². The fraction of sp³-hybridized carbons (Fsp3) is 0.143. The minimum atomic E-state index is -0.267. The number of benzene rings is 2. The van der Waals surface area contributed by atoms with Crippen molar-refractivity contribution in [2.75, 3.05) is 12.4 Å². The Bertz CT molecular complexity index is 634. The Balaban J connectivity index is 2.16. The smallest absolute Gasteiger partial charge is 0.137 e. The molecule has 0 aliphatic heterocycles. The van der Waals surface area contributed by atoms with Crippen LogP contribution in [0.5, 0.6) is 5.75 Å². The van der Waals surface area contributed by atoms with Crippen LogP contribution in [0.1, 0.15) is 5.56 Å². The molecule has 0 fully saturated rings. The number of hydrogen-bond acceptors (Lipinski definition) is 2. The van der Waals surface area contributed by atoms with Crippen LogP contribution in [-0.4, -0.2) is 7.11 Å². The van der Waals surface area contributed by atoms with E-state index in [4.69, 9.17) is 4.74 Å². The van der Waals surface area contributed by atoms with Crippen molar-refractivity contribution in [3.05, 3.63) is 55.1 Å². The molecule has 106 valence electrons. The van der Waals surface area contributed by atoms with Crippen LogP contribution in [0.4, 0.5) is 10.1 Å². The highest BCUT2D eigenvalue weighted by Gasteiger charge is 2.07. The highest BCUT2D eigenvalue weighted by atomic mass is 79.9. The number of nitrogens with one attached hydrogen (secondary N) is 1. The van der Waals surface area contributed by atoms with Crippen LogP contribution in [0.2, 0.25) is 0 Å². The highest BCUT2D eigenvalue weighted by Crippen LogP contribution is 2.34. The molecular weight excluding hydrogens is 457 g/mol. The standard InChI is InChI=1S/C14H11Br3FNO/c1-20-14-6-13(10(16)5-11(14)17)19-7-8-2-3-9(15)12(18)4-8/h2-6,19H,7H2,1H3. The summed E-state index contributed by atoms with van der Waals surface area (Å²) in [5.74, 6) is 0.467. The van der Waals surface area contributed by atoms with Crippen LogP contribution < -0.4 is 10.1 Å². The molecule has 2 rings (SSSR count). The Morgan fingerprint density at radius 2 is 1.80 bits per heavy atom. The largest absolute Gasteiger partial charge is 0.495 e. The zero-order valence-corrected chi connectivity index (χ0v) is 15.3. The van der Waals surface area contributed by atoms with E-state index in [0.29, 0.717) is 11.0 Å². The predicted molar refractivity (Wildman–Crippen MR) is 89.8 cm³/mol. The maximum absolute atomic E-state index is 13.4. The summed E-state index contributed by atoms with van der Waals surface area (Å²) in [5, 5.41) is 3.25. The Morgan fingerprint density at radius 1 is 1.05 bits per heavy atom. The second-order valence-corrected chi connectivity index (χ2v) is 6.63. The van der Waals surface area contributed by atoms with Gasteiger partial charge in [-0.2, -0.15) is 0 Å². The molecular formula is C14H11Br3FNO. The van der Waals surface area contributed by atoms with Crippen molar-refractivity contribution in [3.63, 3.8) is 0 Å². The SMILES string of the molecule is COc1cc(NCc2ccc(Br)c(F)c2)c(Br)cc1Br. The van der Waals surface area contributed by atoms with E-state index in [1.54, 1.807) is 13.2 Å². The van der Waals surface area contributed by atoms with Crippen molar-refractivity contribution in [2.24, 2.45) is 0 Å². The van der Waals surface area contributed by atoms with Crippen molar-refractivity contribution < 1.29 is 9.13 Å². The average Bonchev–Trinajstić information content (AvgIpc) is 2.41. The van der Waals surface area contributed by atoms with Crippen LogP contribution in [-0.2, 0) is 6.54 Å². The normalized spacial score (nSPS) is 10.4. The molecule has 0 bridgehead atoms. The van der Waals surface area contributed by atoms with Crippen molar-refractivity contribution in [1.29, 1.82) is 0 Å². The Labute approximate surface area is 142 Å². The fourth-order valence-electron chi connectivity index (χ4n) is 1.67. The van der Waals surface area contributed by atoms with Crippen LogP contribution in [0.15, 0.2) is 43.7 Å². The molecule has 0 radical (unpaired) electrons. The van der Waals surface area contributed by atoms with E-state index in [2.05, 4.69) is 53.1 Å². The summed E-state index contributed by atoms with van der Waals surface area (Å²) in [4.78, 5) is 0. The van der Waals surface area contributed by atoms with Gasteiger partial charge < -0.3 is 10.1 Å². The van der Waals surface area contributed by atoms with E-state index in [0.717, 1.165) is 25.9 Å². The zero-order valence-electron chi connectivity index (χ0n) is 10.5. The number of methoxy groups -OCH3 is 1. The number of rotatable bonds is 4. The summed E-state index contributed by atoms with van der Waals surface area (Å²) < 4.78 is 20.9. The van der Waals surface area contributed by atoms with Gasteiger partial charge in [0.25, 0.3) is 0 Å². The van der Waals surface area contributed by atoms with Gasteiger partial charge in [-0.05, 0) is 71.6 Å². The third-order valence-electron chi connectivity index (χ3n) is 2.71. The minimum Gasteiger partial charge on any atom is -0.495 e. The van der Waals surface area contributed by atoms with E-state index in [9.17, 15) is 4.39 Å². The molecule has 2 nitrogen and oxygen atoms in total. The minimum absolute atomic E-state index is 0.267. The van der Waals surface area contributed by atoms with Gasteiger partial charge in [-0.1, -0.05) is 6.07 Å². The lowest BCUT2D eigenvalue weighted by Gasteiger charge is -2.12. The second kappa shape index (κ2) is 6.91. The number of ether oxygens (including phenoxy) is 1. The number of halogens is 4.